The van der Waals surface area contributed by atoms with E-state index in [-0.39, 0.29) is 6.03 Å². The number of aryl methyl sites for hydroxylation is 1. The zero-order valence-electron chi connectivity index (χ0n) is 13.9. The van der Waals surface area contributed by atoms with Crippen molar-refractivity contribution >= 4 is 23.3 Å². The summed E-state index contributed by atoms with van der Waals surface area (Å²) >= 11 is 6.08. The number of benzene rings is 2. The minimum Gasteiger partial charge on any atom is -0.334 e. The van der Waals surface area contributed by atoms with Crippen LogP contribution in [0.4, 0.5) is 10.5 Å². The van der Waals surface area contributed by atoms with Gasteiger partial charge in [0, 0.05) is 29.6 Å². The van der Waals surface area contributed by atoms with E-state index in [0.29, 0.717) is 23.8 Å². The van der Waals surface area contributed by atoms with Gasteiger partial charge in [-0.2, -0.15) is 5.10 Å². The Hall–Kier alpha value is -2.79. The molecular formula is C19H19ClN4O. The topological polar surface area (TPSA) is 59.0 Å². The van der Waals surface area contributed by atoms with Crippen molar-refractivity contribution < 1.29 is 4.79 Å². The van der Waals surface area contributed by atoms with Gasteiger partial charge in [0.15, 0.2) is 0 Å². The first-order valence-corrected chi connectivity index (χ1v) is 8.35. The van der Waals surface area contributed by atoms with Gasteiger partial charge in [0.25, 0.3) is 0 Å². The molecule has 0 spiro atoms. The minimum atomic E-state index is -0.270. The average Bonchev–Trinajstić information content (AvgIpc) is 3.10. The lowest BCUT2D eigenvalue weighted by Crippen LogP contribution is -2.28. The molecule has 5 nitrogen and oxygen atoms in total. The molecule has 25 heavy (non-hydrogen) atoms. The SMILES string of the molecule is Cc1ccc(NC(=O)NCc2ccccc2Cn2cccn2)cc1Cl. The second-order valence-electron chi connectivity index (χ2n) is 5.74. The predicted molar refractivity (Wildman–Crippen MR) is 99.8 cm³/mol. The number of halogens is 1. The van der Waals surface area contributed by atoms with Crippen molar-refractivity contribution in [3.05, 3.63) is 82.6 Å². The molecule has 0 aliphatic carbocycles. The zero-order chi connectivity index (χ0) is 17.6. The van der Waals surface area contributed by atoms with Crippen molar-refractivity contribution in [2.24, 2.45) is 0 Å². The number of nitrogens with one attached hydrogen (secondary N) is 2. The molecule has 1 heterocycles. The zero-order valence-corrected chi connectivity index (χ0v) is 14.6. The van der Waals surface area contributed by atoms with Crippen molar-refractivity contribution in [3.63, 3.8) is 0 Å². The van der Waals surface area contributed by atoms with Gasteiger partial charge < -0.3 is 10.6 Å². The number of urea groups is 1. The Kier molecular flexibility index (Phi) is 5.36. The molecule has 0 aliphatic heterocycles. The number of nitrogens with zero attached hydrogens (tertiary/aromatic N) is 2. The summed E-state index contributed by atoms with van der Waals surface area (Å²) in [6.07, 6.45) is 3.67. The number of aromatic nitrogens is 2. The molecular weight excluding hydrogens is 336 g/mol. The lowest BCUT2D eigenvalue weighted by molar-refractivity contribution is 0.251. The van der Waals surface area contributed by atoms with Crippen LogP contribution >= 0.6 is 11.6 Å². The second kappa shape index (κ2) is 7.85. The Morgan fingerprint density at radius 1 is 1.16 bits per heavy atom. The van der Waals surface area contributed by atoms with Crippen LogP contribution < -0.4 is 10.6 Å². The van der Waals surface area contributed by atoms with Crippen LogP contribution in [-0.2, 0) is 13.1 Å². The largest absolute Gasteiger partial charge is 0.334 e. The number of anilines is 1. The third-order valence-corrected chi connectivity index (χ3v) is 4.29. The number of hydrogen-bond acceptors (Lipinski definition) is 2. The minimum absolute atomic E-state index is 0.270. The van der Waals surface area contributed by atoms with Crippen LogP contribution in [0.2, 0.25) is 5.02 Å². The average molecular weight is 355 g/mol. The van der Waals surface area contributed by atoms with Gasteiger partial charge in [0.05, 0.1) is 6.54 Å². The Morgan fingerprint density at radius 3 is 2.68 bits per heavy atom. The maximum atomic E-state index is 12.1. The smallest absolute Gasteiger partial charge is 0.319 e. The van der Waals surface area contributed by atoms with Crippen LogP contribution in [0.1, 0.15) is 16.7 Å². The number of amides is 2. The monoisotopic (exact) mass is 354 g/mol. The summed E-state index contributed by atoms with van der Waals surface area (Å²) in [5.41, 5.74) is 3.80. The summed E-state index contributed by atoms with van der Waals surface area (Å²) in [6.45, 7) is 3.02. The van der Waals surface area contributed by atoms with Crippen LogP contribution in [0.15, 0.2) is 60.9 Å². The number of carbonyl (C=O) groups excluding carboxylic acids is 1. The molecule has 0 saturated carbocycles. The van der Waals surface area contributed by atoms with Gasteiger partial charge >= 0.3 is 6.03 Å². The van der Waals surface area contributed by atoms with E-state index in [2.05, 4.69) is 15.7 Å². The lowest BCUT2D eigenvalue weighted by atomic mass is 10.1. The third-order valence-electron chi connectivity index (χ3n) is 3.88. The highest BCUT2D eigenvalue weighted by Crippen LogP contribution is 2.19. The van der Waals surface area contributed by atoms with Gasteiger partial charge in [0.1, 0.15) is 0 Å². The maximum Gasteiger partial charge on any atom is 0.319 e. The van der Waals surface area contributed by atoms with Crippen molar-refractivity contribution in [3.8, 4) is 0 Å². The van der Waals surface area contributed by atoms with Crippen LogP contribution in [0.3, 0.4) is 0 Å². The number of rotatable bonds is 5. The van der Waals surface area contributed by atoms with E-state index in [4.69, 9.17) is 11.6 Å². The first-order chi connectivity index (χ1) is 12.1. The highest BCUT2D eigenvalue weighted by molar-refractivity contribution is 6.31. The summed E-state index contributed by atoms with van der Waals surface area (Å²) in [5, 5.41) is 10.5. The summed E-state index contributed by atoms with van der Waals surface area (Å²) in [4.78, 5) is 12.1. The maximum absolute atomic E-state index is 12.1. The van der Waals surface area contributed by atoms with Gasteiger partial charge in [0.2, 0.25) is 0 Å². The Morgan fingerprint density at radius 2 is 1.96 bits per heavy atom. The Balaban J connectivity index is 1.61. The van der Waals surface area contributed by atoms with Gasteiger partial charge in [-0.1, -0.05) is 41.9 Å². The van der Waals surface area contributed by atoms with E-state index in [0.717, 1.165) is 16.7 Å². The van der Waals surface area contributed by atoms with Crippen LogP contribution in [0.5, 0.6) is 0 Å². The molecule has 0 radical (unpaired) electrons. The molecule has 0 unspecified atom stereocenters. The fourth-order valence-corrected chi connectivity index (χ4v) is 2.65. The Labute approximate surface area is 151 Å². The van der Waals surface area contributed by atoms with Crippen molar-refractivity contribution in [1.29, 1.82) is 0 Å². The van der Waals surface area contributed by atoms with Crippen LogP contribution in [0.25, 0.3) is 0 Å². The first kappa shape index (κ1) is 17.0. The van der Waals surface area contributed by atoms with E-state index in [1.165, 1.54) is 0 Å². The van der Waals surface area contributed by atoms with E-state index in [1.54, 1.807) is 12.3 Å². The third kappa shape index (κ3) is 4.61. The molecule has 2 aromatic carbocycles. The van der Waals surface area contributed by atoms with E-state index < -0.39 is 0 Å². The second-order valence-corrected chi connectivity index (χ2v) is 6.15. The molecule has 0 aliphatic rings. The molecule has 128 valence electrons. The van der Waals surface area contributed by atoms with Gasteiger partial charge in [-0.25, -0.2) is 4.79 Å². The quantitative estimate of drug-likeness (QED) is 0.720. The molecule has 1 aromatic heterocycles. The molecule has 0 saturated heterocycles. The molecule has 6 heteroatoms. The summed E-state index contributed by atoms with van der Waals surface area (Å²) < 4.78 is 1.85. The van der Waals surface area contributed by atoms with E-state index in [9.17, 15) is 4.79 Å². The van der Waals surface area contributed by atoms with Crippen LogP contribution in [0, 0.1) is 6.92 Å². The molecule has 2 N–H and O–H groups in total. The fraction of sp³-hybridized carbons (Fsp3) is 0.158. The molecule has 3 aromatic rings. The molecule has 3 rings (SSSR count). The summed E-state index contributed by atoms with van der Waals surface area (Å²) in [5.74, 6) is 0. The lowest BCUT2D eigenvalue weighted by Gasteiger charge is -2.12. The standard InChI is InChI=1S/C19H19ClN4O/c1-14-7-8-17(11-18(14)20)23-19(25)21-12-15-5-2-3-6-16(15)13-24-10-4-9-22-24/h2-11H,12-13H2,1H3,(H2,21,23,25). The normalized spacial score (nSPS) is 10.5. The highest BCUT2D eigenvalue weighted by Gasteiger charge is 2.07. The first-order valence-electron chi connectivity index (χ1n) is 7.97. The highest BCUT2D eigenvalue weighted by atomic mass is 35.5. The van der Waals surface area contributed by atoms with Crippen molar-refractivity contribution in [1.82, 2.24) is 15.1 Å². The molecule has 2 amide bonds. The van der Waals surface area contributed by atoms with Gasteiger partial charge in [-0.3, -0.25) is 4.68 Å². The Bertz CT molecular complexity index is 862. The van der Waals surface area contributed by atoms with Crippen molar-refractivity contribution in [2.45, 2.75) is 20.0 Å². The van der Waals surface area contributed by atoms with Crippen LogP contribution in [-0.4, -0.2) is 15.8 Å². The molecule has 0 atom stereocenters. The number of carbonyl (C=O) groups is 1. The predicted octanol–water partition coefficient (Wildman–Crippen LogP) is 4.21. The summed E-state index contributed by atoms with van der Waals surface area (Å²) in [6, 6.07) is 15.0. The summed E-state index contributed by atoms with van der Waals surface area (Å²) in [7, 11) is 0. The van der Waals surface area contributed by atoms with Gasteiger partial charge in [-0.05, 0) is 41.8 Å². The number of hydrogen-bond donors (Lipinski definition) is 2. The van der Waals surface area contributed by atoms with Crippen molar-refractivity contribution in [2.75, 3.05) is 5.32 Å². The van der Waals surface area contributed by atoms with E-state index in [1.807, 2.05) is 60.3 Å². The van der Waals surface area contributed by atoms with E-state index >= 15 is 0 Å². The molecule has 0 fully saturated rings. The van der Waals surface area contributed by atoms with Gasteiger partial charge in [-0.15, -0.1) is 0 Å². The fourth-order valence-electron chi connectivity index (χ4n) is 2.47. The molecule has 0 bridgehead atoms.